The van der Waals surface area contributed by atoms with Crippen molar-refractivity contribution >= 4 is 11.8 Å². The molecule has 3 N–H and O–H groups in total. The summed E-state index contributed by atoms with van der Waals surface area (Å²) >= 11 is 0. The fourth-order valence-corrected chi connectivity index (χ4v) is 8.20. The molecule has 4 aliphatic rings. The van der Waals surface area contributed by atoms with Crippen molar-refractivity contribution in [3.8, 4) is 0 Å². The van der Waals surface area contributed by atoms with E-state index in [0.717, 1.165) is 25.7 Å². The molecule has 0 aromatic rings. The van der Waals surface area contributed by atoms with E-state index in [1.807, 2.05) is 6.92 Å². The second kappa shape index (κ2) is 7.86. The van der Waals surface area contributed by atoms with E-state index in [4.69, 9.17) is 0 Å². The molecule has 6 heteroatoms. The summed E-state index contributed by atoms with van der Waals surface area (Å²) in [5.41, 5.74) is -0.523. The Morgan fingerprint density at radius 3 is 2.40 bits per heavy atom. The first-order valence-electron chi connectivity index (χ1n) is 11.8. The van der Waals surface area contributed by atoms with Crippen molar-refractivity contribution in [2.75, 3.05) is 7.11 Å². The van der Waals surface area contributed by atoms with Crippen molar-refractivity contribution in [2.45, 2.75) is 89.9 Å². The lowest BCUT2D eigenvalue weighted by molar-refractivity contribution is -0.204. The van der Waals surface area contributed by atoms with Gasteiger partial charge in [-0.1, -0.05) is 13.8 Å². The zero-order valence-electron chi connectivity index (χ0n) is 18.5. The van der Waals surface area contributed by atoms with Crippen molar-refractivity contribution in [3.63, 3.8) is 0 Å². The number of hydrogen-bond acceptors (Lipinski definition) is 6. The van der Waals surface area contributed by atoms with Crippen molar-refractivity contribution in [1.29, 1.82) is 0 Å². The molecule has 170 valence electrons. The zero-order chi connectivity index (χ0) is 21.8. The number of ether oxygens (including phenoxy) is 1. The van der Waals surface area contributed by atoms with Crippen LogP contribution < -0.4 is 0 Å². The molecular weight excluding hydrogens is 384 g/mol. The summed E-state index contributed by atoms with van der Waals surface area (Å²) in [6.07, 6.45) is 4.25. The predicted octanol–water partition coefficient (Wildman–Crippen LogP) is 2.47. The first-order chi connectivity index (χ1) is 14.1. The Bertz CT molecular complexity index is 693. The Hall–Kier alpha value is -0.980. The topological polar surface area (TPSA) is 104 Å². The fourth-order valence-electron chi connectivity index (χ4n) is 8.20. The summed E-state index contributed by atoms with van der Waals surface area (Å²) in [5, 5.41) is 32.8. The molecule has 0 amide bonds. The van der Waals surface area contributed by atoms with Crippen LogP contribution in [-0.4, -0.2) is 52.5 Å². The molecule has 0 aromatic heterocycles. The molecule has 0 aromatic carbocycles. The molecule has 30 heavy (non-hydrogen) atoms. The Kier molecular flexibility index (Phi) is 5.82. The molecule has 0 radical (unpaired) electrons. The number of hydrogen-bond donors (Lipinski definition) is 3. The lowest BCUT2D eigenvalue weighted by atomic mass is 9.43. The van der Waals surface area contributed by atoms with Gasteiger partial charge in [0.25, 0.3) is 0 Å². The molecule has 4 rings (SSSR count). The van der Waals surface area contributed by atoms with Gasteiger partial charge in [-0.05, 0) is 74.0 Å². The maximum atomic E-state index is 13.0. The predicted molar refractivity (Wildman–Crippen MR) is 110 cm³/mol. The number of carbonyl (C=O) groups is 2. The van der Waals surface area contributed by atoms with Gasteiger partial charge in [-0.2, -0.15) is 0 Å². The summed E-state index contributed by atoms with van der Waals surface area (Å²) < 4.78 is 4.68. The van der Waals surface area contributed by atoms with Gasteiger partial charge in [-0.15, -0.1) is 0 Å². The van der Waals surface area contributed by atoms with Gasteiger partial charge < -0.3 is 20.1 Å². The molecule has 0 unspecified atom stereocenters. The highest BCUT2D eigenvalue weighted by Gasteiger charge is 2.66. The number of carbonyl (C=O) groups excluding carboxylic acids is 2. The molecule has 4 saturated carbocycles. The standard InChI is InChI=1S/C24H38O6/c1-23-9-8-14(25)10-13(23)11-19(27)22-16-5-4-15(18(26)6-7-21(29)30-3)24(16,2)20(28)12-17(22)23/h13-17,19-20,22,25,27-28H,4-12H2,1-3H3/t13-,14-,15-,16+,17+,19+,20+,22+,23+,24-/m1/s1. The number of ketones is 1. The average molecular weight is 423 g/mol. The van der Waals surface area contributed by atoms with Gasteiger partial charge in [0.1, 0.15) is 5.78 Å². The summed E-state index contributed by atoms with van der Waals surface area (Å²) in [7, 11) is 1.33. The third-order valence-corrected chi connectivity index (χ3v) is 9.96. The SMILES string of the molecule is COC(=O)CCC(=O)[C@H]1CC[C@H]2[C@@H]3[C@@H](O)C[C@H]4C[C@H](O)CC[C@]4(C)[C@H]3C[C@H](O)[C@]12C. The molecule has 6 nitrogen and oxygen atoms in total. The minimum atomic E-state index is -0.590. The van der Waals surface area contributed by atoms with Gasteiger partial charge in [0.2, 0.25) is 0 Å². The maximum Gasteiger partial charge on any atom is 0.305 e. The molecule has 4 aliphatic carbocycles. The Balaban J connectivity index is 1.59. The minimum absolute atomic E-state index is 0.0262. The lowest BCUT2D eigenvalue weighted by Gasteiger charge is -2.63. The number of rotatable bonds is 4. The van der Waals surface area contributed by atoms with E-state index in [0.29, 0.717) is 19.3 Å². The number of esters is 1. The van der Waals surface area contributed by atoms with E-state index in [2.05, 4.69) is 11.7 Å². The van der Waals surface area contributed by atoms with E-state index >= 15 is 0 Å². The highest BCUT2D eigenvalue weighted by atomic mass is 16.5. The highest BCUT2D eigenvalue weighted by Crippen LogP contribution is 2.67. The fraction of sp³-hybridized carbons (Fsp3) is 0.917. The first-order valence-corrected chi connectivity index (χ1v) is 11.8. The first kappa shape index (κ1) is 22.2. The molecule has 0 saturated heterocycles. The van der Waals surface area contributed by atoms with Gasteiger partial charge in [0.15, 0.2) is 0 Å². The van der Waals surface area contributed by atoms with E-state index in [1.54, 1.807) is 0 Å². The van der Waals surface area contributed by atoms with Crippen LogP contribution in [0.1, 0.15) is 71.6 Å². The van der Waals surface area contributed by atoms with Crippen LogP contribution in [0.15, 0.2) is 0 Å². The number of Topliss-reactive ketones (excluding diaryl/α,β-unsaturated/α-hetero) is 1. The monoisotopic (exact) mass is 422 g/mol. The smallest absolute Gasteiger partial charge is 0.305 e. The van der Waals surface area contributed by atoms with Crippen molar-refractivity contribution in [3.05, 3.63) is 0 Å². The van der Waals surface area contributed by atoms with E-state index < -0.39 is 17.6 Å². The van der Waals surface area contributed by atoms with Crippen molar-refractivity contribution < 1.29 is 29.6 Å². The van der Waals surface area contributed by atoms with Crippen LogP contribution in [0.25, 0.3) is 0 Å². The quantitative estimate of drug-likeness (QED) is 0.601. The third-order valence-electron chi connectivity index (χ3n) is 9.96. The van der Waals surface area contributed by atoms with Gasteiger partial charge in [-0.3, -0.25) is 9.59 Å². The number of methoxy groups -OCH3 is 1. The maximum absolute atomic E-state index is 13.0. The molecule has 0 bridgehead atoms. The zero-order valence-corrected chi connectivity index (χ0v) is 18.5. The van der Waals surface area contributed by atoms with Crippen LogP contribution in [0, 0.1) is 40.4 Å². The van der Waals surface area contributed by atoms with Gasteiger partial charge >= 0.3 is 5.97 Å². The Morgan fingerprint density at radius 1 is 0.967 bits per heavy atom. The molecule has 0 spiro atoms. The van der Waals surface area contributed by atoms with Gasteiger partial charge in [0.05, 0.1) is 31.8 Å². The van der Waals surface area contributed by atoms with Crippen molar-refractivity contribution in [1.82, 2.24) is 0 Å². The van der Waals surface area contributed by atoms with Crippen LogP contribution in [-0.2, 0) is 14.3 Å². The largest absolute Gasteiger partial charge is 0.469 e. The average Bonchev–Trinajstić information content (AvgIpc) is 3.06. The van der Waals surface area contributed by atoms with Gasteiger partial charge in [-0.25, -0.2) is 0 Å². The molecule has 0 heterocycles. The van der Waals surface area contributed by atoms with E-state index in [9.17, 15) is 24.9 Å². The number of aliphatic hydroxyl groups is 3. The highest BCUT2D eigenvalue weighted by molar-refractivity contribution is 5.85. The lowest BCUT2D eigenvalue weighted by Crippen LogP contribution is -2.62. The molecule has 10 atom stereocenters. The van der Waals surface area contributed by atoms with E-state index in [1.165, 1.54) is 7.11 Å². The van der Waals surface area contributed by atoms with Crippen LogP contribution in [0.3, 0.4) is 0 Å². The van der Waals surface area contributed by atoms with Gasteiger partial charge in [0, 0.05) is 17.8 Å². The summed E-state index contributed by atoms with van der Waals surface area (Å²) in [6.45, 7) is 4.34. The Morgan fingerprint density at radius 2 is 1.70 bits per heavy atom. The van der Waals surface area contributed by atoms with Crippen LogP contribution in [0.2, 0.25) is 0 Å². The summed E-state index contributed by atoms with van der Waals surface area (Å²) in [5.74, 6) is 0.0931. The normalized spacial score (nSPS) is 50.2. The van der Waals surface area contributed by atoms with Crippen LogP contribution in [0.4, 0.5) is 0 Å². The Labute approximate surface area is 179 Å². The van der Waals surface area contributed by atoms with Crippen molar-refractivity contribution in [2.24, 2.45) is 40.4 Å². The van der Waals surface area contributed by atoms with Crippen LogP contribution >= 0.6 is 0 Å². The second-order valence-corrected chi connectivity index (χ2v) is 11.0. The summed E-state index contributed by atoms with van der Waals surface area (Å²) in [4.78, 5) is 24.5. The summed E-state index contributed by atoms with van der Waals surface area (Å²) in [6, 6.07) is 0. The molecule has 0 aliphatic heterocycles. The second-order valence-electron chi connectivity index (χ2n) is 11.0. The van der Waals surface area contributed by atoms with Crippen LogP contribution in [0.5, 0.6) is 0 Å². The van der Waals surface area contributed by atoms with E-state index in [-0.39, 0.29) is 65.7 Å². The number of aliphatic hydroxyl groups excluding tert-OH is 3. The minimum Gasteiger partial charge on any atom is -0.469 e. The molecule has 4 fully saturated rings. The molecular formula is C24H38O6. The number of fused-ring (bicyclic) bond motifs is 5. The third kappa shape index (κ3) is 3.25.